The van der Waals surface area contributed by atoms with E-state index in [1.54, 1.807) is 18.2 Å². The Kier molecular flexibility index (Phi) is 9.08. The normalized spacial score (nSPS) is 15.0. The summed E-state index contributed by atoms with van der Waals surface area (Å²) in [7, 11) is 0. The van der Waals surface area contributed by atoms with Crippen molar-refractivity contribution < 1.29 is 45.8 Å². The molecule has 0 unspecified atom stereocenters. The number of carbonyl (C=O) groups is 3. The molecule has 2 aromatic carbocycles. The van der Waals surface area contributed by atoms with E-state index in [-0.39, 0.29) is 45.8 Å². The average molecular weight is 702 g/mol. The summed E-state index contributed by atoms with van der Waals surface area (Å²) < 4.78 is 80.6. The fourth-order valence-corrected chi connectivity index (χ4v) is 7.31. The second-order valence-electron chi connectivity index (χ2n) is 9.56. The number of nitrogens with zero attached hydrogens (tertiary/aromatic N) is 2. The number of carboxylic acid groups (broad SMARTS) is 1. The first-order valence-corrected chi connectivity index (χ1v) is 15.5. The summed E-state index contributed by atoms with van der Waals surface area (Å²) in [5.41, 5.74) is -1.94. The zero-order valence-electron chi connectivity index (χ0n) is 22.3. The standard InChI is InChI=1S/C28H17F6N3O4S4/c29-27(30,31)16-7-14(8-17(10-16)28(32,33)34)15-9-18(43-12-15)11-21-24(41)37(26(42)45-21)4-3-22(38)36-25-35-19-5-13(6-23(39)40)1-2-20(19)44-25/h1-2,5,7-12H,3-4,6H2,(H,39,40)(H,35,36,38). The highest BCUT2D eigenvalue weighted by atomic mass is 32.2. The Labute approximate surface area is 267 Å². The second kappa shape index (κ2) is 12.5. The number of hydrogen-bond donors (Lipinski definition) is 2. The van der Waals surface area contributed by atoms with Crippen LogP contribution in [0.25, 0.3) is 27.4 Å². The first-order chi connectivity index (χ1) is 21.1. The van der Waals surface area contributed by atoms with Crippen molar-refractivity contribution in [3.05, 3.63) is 74.3 Å². The van der Waals surface area contributed by atoms with Crippen molar-refractivity contribution in [1.82, 2.24) is 9.88 Å². The van der Waals surface area contributed by atoms with Crippen molar-refractivity contribution in [1.29, 1.82) is 0 Å². The maximum absolute atomic E-state index is 13.3. The molecule has 5 rings (SSSR count). The number of halogens is 6. The molecular formula is C28H17F6N3O4S4. The van der Waals surface area contributed by atoms with Crippen molar-refractivity contribution in [2.45, 2.75) is 25.2 Å². The van der Waals surface area contributed by atoms with Gasteiger partial charge in [0, 0.05) is 17.8 Å². The minimum Gasteiger partial charge on any atom is -0.481 e. The molecular weight excluding hydrogens is 685 g/mol. The molecule has 0 bridgehead atoms. The highest BCUT2D eigenvalue weighted by molar-refractivity contribution is 8.26. The first kappa shape index (κ1) is 32.6. The van der Waals surface area contributed by atoms with E-state index in [4.69, 9.17) is 17.3 Å². The number of thiophene rings is 1. The summed E-state index contributed by atoms with van der Waals surface area (Å²) in [5.74, 6) is -1.93. The number of carbonyl (C=O) groups excluding carboxylic acids is 2. The Hall–Kier alpha value is -3.80. The summed E-state index contributed by atoms with van der Waals surface area (Å²) in [6.45, 7) is -0.0539. The van der Waals surface area contributed by atoms with Crippen LogP contribution in [0.3, 0.4) is 0 Å². The van der Waals surface area contributed by atoms with Gasteiger partial charge in [0.25, 0.3) is 5.91 Å². The van der Waals surface area contributed by atoms with E-state index < -0.39 is 41.3 Å². The van der Waals surface area contributed by atoms with E-state index >= 15 is 0 Å². The van der Waals surface area contributed by atoms with Gasteiger partial charge in [-0.1, -0.05) is 41.4 Å². The van der Waals surface area contributed by atoms with Crippen LogP contribution in [0.15, 0.2) is 52.7 Å². The lowest BCUT2D eigenvalue weighted by atomic mass is 10.0. The summed E-state index contributed by atoms with van der Waals surface area (Å²) in [6, 6.07) is 7.70. The minimum atomic E-state index is -4.98. The van der Waals surface area contributed by atoms with Crippen LogP contribution >= 0.6 is 46.7 Å². The van der Waals surface area contributed by atoms with Crippen molar-refractivity contribution in [3.63, 3.8) is 0 Å². The van der Waals surface area contributed by atoms with Crippen LogP contribution < -0.4 is 5.32 Å². The molecule has 45 heavy (non-hydrogen) atoms. The third kappa shape index (κ3) is 7.71. The number of aliphatic carboxylic acids is 1. The minimum absolute atomic E-state index is 0.0539. The molecule has 0 atom stereocenters. The largest absolute Gasteiger partial charge is 0.481 e. The van der Waals surface area contributed by atoms with Crippen LogP contribution in [0.4, 0.5) is 31.5 Å². The number of amides is 2. The van der Waals surface area contributed by atoms with Crippen LogP contribution in [0.2, 0.25) is 0 Å². The quantitative estimate of drug-likeness (QED) is 0.109. The van der Waals surface area contributed by atoms with Gasteiger partial charge in [-0.3, -0.25) is 19.3 Å². The Morgan fingerprint density at radius 1 is 1.00 bits per heavy atom. The Morgan fingerprint density at radius 2 is 1.69 bits per heavy atom. The highest BCUT2D eigenvalue weighted by Gasteiger charge is 2.37. The molecule has 1 fully saturated rings. The van der Waals surface area contributed by atoms with Gasteiger partial charge in [0.15, 0.2) is 5.13 Å². The zero-order valence-corrected chi connectivity index (χ0v) is 25.6. The van der Waals surface area contributed by atoms with Gasteiger partial charge in [-0.2, -0.15) is 26.3 Å². The molecule has 0 spiro atoms. The van der Waals surface area contributed by atoms with Gasteiger partial charge in [0.2, 0.25) is 5.91 Å². The fourth-order valence-electron chi connectivity index (χ4n) is 4.23. The van der Waals surface area contributed by atoms with Crippen molar-refractivity contribution in [2.24, 2.45) is 0 Å². The number of hydrogen-bond acceptors (Lipinski definition) is 8. The summed E-state index contributed by atoms with van der Waals surface area (Å²) in [4.78, 5) is 42.7. The average Bonchev–Trinajstić information content (AvgIpc) is 3.63. The molecule has 234 valence electrons. The van der Waals surface area contributed by atoms with Crippen molar-refractivity contribution in [2.75, 3.05) is 11.9 Å². The lowest BCUT2D eigenvalue weighted by Gasteiger charge is -2.13. The topological polar surface area (TPSA) is 99.6 Å². The van der Waals surface area contributed by atoms with Gasteiger partial charge in [-0.25, -0.2) is 4.98 Å². The van der Waals surface area contributed by atoms with E-state index in [1.807, 2.05) is 0 Å². The molecule has 1 aliphatic rings. The molecule has 0 saturated carbocycles. The molecule has 3 heterocycles. The Bertz CT molecular complexity index is 1850. The number of thiazole rings is 1. The third-order valence-electron chi connectivity index (χ3n) is 6.30. The van der Waals surface area contributed by atoms with Gasteiger partial charge in [-0.05, 0) is 64.5 Å². The van der Waals surface area contributed by atoms with Gasteiger partial charge < -0.3 is 10.4 Å². The van der Waals surface area contributed by atoms with Crippen LogP contribution in [-0.2, 0) is 33.2 Å². The number of nitrogens with one attached hydrogen (secondary N) is 1. The molecule has 0 radical (unpaired) electrons. The Balaban J connectivity index is 1.24. The van der Waals surface area contributed by atoms with Crippen molar-refractivity contribution in [3.8, 4) is 11.1 Å². The molecule has 4 aromatic rings. The predicted octanol–water partition coefficient (Wildman–Crippen LogP) is 7.92. The summed E-state index contributed by atoms with van der Waals surface area (Å²) in [6.07, 6.45) is -8.82. The number of rotatable bonds is 8. The Morgan fingerprint density at radius 3 is 2.33 bits per heavy atom. The van der Waals surface area contributed by atoms with Gasteiger partial charge in [0.1, 0.15) is 4.32 Å². The first-order valence-electron chi connectivity index (χ1n) is 12.6. The van der Waals surface area contributed by atoms with E-state index in [2.05, 4.69) is 10.3 Å². The number of fused-ring (bicyclic) bond motifs is 1. The molecule has 7 nitrogen and oxygen atoms in total. The molecule has 1 aliphatic heterocycles. The SMILES string of the molecule is O=C(O)Cc1ccc2sc(NC(=O)CCN3C(=O)C(=Cc4cc(-c5cc(C(F)(F)F)cc(C(F)(F)F)c5)cs4)SC3=S)nc2c1. The predicted molar refractivity (Wildman–Crippen MR) is 164 cm³/mol. The van der Waals surface area contributed by atoms with Crippen LogP contribution in [-0.4, -0.2) is 43.6 Å². The number of thioether (sulfide) groups is 1. The van der Waals surface area contributed by atoms with Crippen molar-refractivity contribution >= 4 is 90.2 Å². The van der Waals surface area contributed by atoms with Gasteiger partial charge >= 0.3 is 18.3 Å². The van der Waals surface area contributed by atoms with Gasteiger partial charge in [-0.15, -0.1) is 11.3 Å². The zero-order chi connectivity index (χ0) is 32.7. The maximum Gasteiger partial charge on any atom is 0.416 e. The number of alkyl halides is 6. The van der Waals surface area contributed by atoms with Crippen LogP contribution in [0, 0.1) is 0 Å². The van der Waals surface area contributed by atoms with Crippen LogP contribution in [0.1, 0.15) is 28.0 Å². The third-order valence-corrected chi connectivity index (χ3v) is 9.51. The monoisotopic (exact) mass is 701 g/mol. The second-order valence-corrected chi connectivity index (χ2v) is 13.2. The number of anilines is 1. The molecule has 0 aliphatic carbocycles. The smallest absolute Gasteiger partial charge is 0.416 e. The van der Waals surface area contributed by atoms with E-state index in [1.165, 1.54) is 33.8 Å². The van der Waals surface area contributed by atoms with E-state index in [0.29, 0.717) is 33.2 Å². The molecule has 2 amide bonds. The molecule has 1 saturated heterocycles. The highest BCUT2D eigenvalue weighted by Crippen LogP contribution is 2.40. The summed E-state index contributed by atoms with van der Waals surface area (Å²) in [5, 5.41) is 13.3. The number of thiocarbonyl (C=S) groups is 1. The lowest BCUT2D eigenvalue weighted by Crippen LogP contribution is -2.31. The molecule has 2 aromatic heterocycles. The maximum atomic E-state index is 13.3. The summed E-state index contributed by atoms with van der Waals surface area (Å²) >= 11 is 8.46. The van der Waals surface area contributed by atoms with Crippen LogP contribution in [0.5, 0.6) is 0 Å². The number of carboxylic acids is 1. The van der Waals surface area contributed by atoms with E-state index in [0.717, 1.165) is 27.8 Å². The van der Waals surface area contributed by atoms with E-state index in [9.17, 15) is 40.7 Å². The number of aromatic nitrogens is 1. The molecule has 17 heteroatoms. The number of benzene rings is 2. The fraction of sp³-hybridized carbons (Fsp3) is 0.179. The lowest BCUT2D eigenvalue weighted by molar-refractivity contribution is -0.143. The van der Waals surface area contributed by atoms with Gasteiger partial charge in [0.05, 0.1) is 32.7 Å². The molecule has 2 N–H and O–H groups in total.